The lowest BCUT2D eigenvalue weighted by Crippen LogP contribution is -2.32. The molecule has 6 nitrogen and oxygen atoms in total. The molecule has 0 heterocycles. The Balaban J connectivity index is 0.000000438. The number of aliphatic hydroxyl groups excluding tert-OH is 3. The van der Waals surface area contributed by atoms with Crippen LogP contribution in [0.3, 0.4) is 0 Å². The fourth-order valence-electron chi connectivity index (χ4n) is 2.08. The summed E-state index contributed by atoms with van der Waals surface area (Å²) < 4.78 is 0. The Morgan fingerprint density at radius 1 is 0.913 bits per heavy atom. The maximum absolute atomic E-state index is 8.48. The van der Waals surface area contributed by atoms with E-state index in [2.05, 4.69) is 55.4 Å². The summed E-state index contributed by atoms with van der Waals surface area (Å²) in [4.78, 5) is 4.03. The van der Waals surface area contributed by atoms with E-state index in [9.17, 15) is 0 Å². The molecule has 0 atom stereocenters. The van der Waals surface area contributed by atoms with Crippen LogP contribution in [0.15, 0.2) is 24.3 Å². The van der Waals surface area contributed by atoms with Crippen LogP contribution in [0.25, 0.3) is 0 Å². The van der Waals surface area contributed by atoms with Gasteiger partial charge >= 0.3 is 0 Å². The highest BCUT2D eigenvalue weighted by atomic mass is 16.3. The van der Waals surface area contributed by atoms with Gasteiger partial charge in [0.1, 0.15) is 0 Å². The van der Waals surface area contributed by atoms with Gasteiger partial charge in [0, 0.05) is 39.8 Å². The van der Waals surface area contributed by atoms with E-state index >= 15 is 0 Å². The van der Waals surface area contributed by atoms with Gasteiger partial charge in [0.25, 0.3) is 0 Å². The molecule has 0 aliphatic rings. The van der Waals surface area contributed by atoms with E-state index < -0.39 is 0 Å². The van der Waals surface area contributed by atoms with Gasteiger partial charge in [-0.25, -0.2) is 0 Å². The molecule has 0 radical (unpaired) electrons. The lowest BCUT2D eigenvalue weighted by atomic mass is 10.2. The van der Waals surface area contributed by atoms with Crippen LogP contribution in [0, 0.1) is 0 Å². The molecule has 1 aromatic rings. The first kappa shape index (κ1) is 21.7. The van der Waals surface area contributed by atoms with Gasteiger partial charge in [-0.3, -0.25) is 4.90 Å². The Morgan fingerprint density at radius 3 is 1.87 bits per heavy atom. The summed E-state index contributed by atoms with van der Waals surface area (Å²) in [6.07, 6.45) is 0. The maximum atomic E-state index is 8.48. The molecule has 0 aromatic heterocycles. The van der Waals surface area contributed by atoms with Gasteiger partial charge in [0.05, 0.1) is 31.2 Å². The monoisotopic (exact) mass is 327 g/mol. The molecule has 1 rings (SSSR count). The van der Waals surface area contributed by atoms with Crippen molar-refractivity contribution in [3.63, 3.8) is 0 Å². The zero-order valence-corrected chi connectivity index (χ0v) is 14.7. The van der Waals surface area contributed by atoms with E-state index in [1.54, 1.807) is 4.90 Å². The zero-order valence-electron chi connectivity index (χ0n) is 14.7. The molecular formula is C17H33N3O3. The molecule has 1 aromatic carbocycles. The van der Waals surface area contributed by atoms with E-state index in [1.165, 1.54) is 11.4 Å². The summed E-state index contributed by atoms with van der Waals surface area (Å²) in [5.41, 5.74) is 2.49. The number of nitrogens with zero attached hydrogens (tertiary/aromatic N) is 2. The summed E-state index contributed by atoms with van der Waals surface area (Å²) in [6.45, 7) is 8.02. The van der Waals surface area contributed by atoms with Gasteiger partial charge in [0.2, 0.25) is 0 Å². The zero-order chi connectivity index (χ0) is 17.5. The molecule has 23 heavy (non-hydrogen) atoms. The topological polar surface area (TPSA) is 79.2 Å². The molecule has 0 saturated heterocycles. The summed E-state index contributed by atoms with van der Waals surface area (Å²) in [5, 5.41) is 28.8. The van der Waals surface area contributed by atoms with Crippen molar-refractivity contribution in [1.82, 2.24) is 4.90 Å². The Hall–Kier alpha value is -1.34. The predicted octanol–water partition coefficient (Wildman–Crippen LogP) is 0.840. The van der Waals surface area contributed by atoms with E-state index in [1.807, 2.05) is 0 Å². The number of nitrogens with one attached hydrogen (secondary N) is 1. The fourth-order valence-corrected chi connectivity index (χ4v) is 2.08. The van der Waals surface area contributed by atoms with Crippen LogP contribution in [0.4, 0.5) is 11.4 Å². The van der Waals surface area contributed by atoms with Crippen LogP contribution in [-0.4, -0.2) is 79.8 Å². The van der Waals surface area contributed by atoms with E-state index in [0.29, 0.717) is 19.6 Å². The third-order valence-corrected chi connectivity index (χ3v) is 3.41. The van der Waals surface area contributed by atoms with Crippen LogP contribution in [0.1, 0.15) is 13.8 Å². The van der Waals surface area contributed by atoms with Crippen molar-refractivity contribution < 1.29 is 15.3 Å². The number of hydrogen-bond donors (Lipinski definition) is 4. The average Bonchev–Trinajstić information content (AvgIpc) is 2.56. The van der Waals surface area contributed by atoms with Crippen LogP contribution in [0.2, 0.25) is 0 Å². The van der Waals surface area contributed by atoms with Gasteiger partial charge in [-0.2, -0.15) is 0 Å². The van der Waals surface area contributed by atoms with Crippen LogP contribution in [-0.2, 0) is 0 Å². The molecule has 0 saturated carbocycles. The molecule has 4 N–H and O–H groups in total. The predicted molar refractivity (Wildman–Crippen MR) is 97.2 cm³/mol. The van der Waals surface area contributed by atoms with E-state index in [4.69, 9.17) is 15.3 Å². The highest BCUT2D eigenvalue weighted by Gasteiger charge is 2.03. The second-order valence-corrected chi connectivity index (χ2v) is 5.07. The quantitative estimate of drug-likeness (QED) is 0.510. The van der Waals surface area contributed by atoms with Crippen molar-refractivity contribution in [1.29, 1.82) is 0 Å². The van der Waals surface area contributed by atoms with Crippen molar-refractivity contribution in [2.75, 3.05) is 69.8 Å². The van der Waals surface area contributed by atoms with Crippen LogP contribution >= 0.6 is 0 Å². The molecule has 0 fully saturated rings. The highest BCUT2D eigenvalue weighted by molar-refractivity contribution is 5.69. The second kappa shape index (κ2) is 14.3. The van der Waals surface area contributed by atoms with Crippen LogP contribution in [0.5, 0.6) is 0 Å². The molecule has 0 bridgehead atoms. The number of anilines is 2. The minimum absolute atomic E-state index is 0.0694. The third kappa shape index (κ3) is 9.40. The van der Waals surface area contributed by atoms with Gasteiger partial charge in [0.15, 0.2) is 0 Å². The maximum Gasteiger partial charge on any atom is 0.0599 e. The first-order valence-corrected chi connectivity index (χ1v) is 8.23. The molecule has 6 heteroatoms. The van der Waals surface area contributed by atoms with Crippen LogP contribution < -0.4 is 10.2 Å². The Morgan fingerprint density at radius 2 is 1.43 bits per heavy atom. The summed E-state index contributed by atoms with van der Waals surface area (Å²) in [7, 11) is 2.11. The average molecular weight is 327 g/mol. The van der Waals surface area contributed by atoms with Crippen molar-refractivity contribution in [2.45, 2.75) is 13.8 Å². The summed E-state index contributed by atoms with van der Waals surface area (Å²) in [6, 6.07) is 8.39. The third-order valence-electron chi connectivity index (χ3n) is 3.41. The highest BCUT2D eigenvalue weighted by Crippen LogP contribution is 2.23. The molecule has 0 unspecified atom stereocenters. The number of benzene rings is 1. The number of rotatable bonds is 10. The number of hydrogen-bond acceptors (Lipinski definition) is 6. The van der Waals surface area contributed by atoms with Gasteiger partial charge in [-0.05, 0) is 26.0 Å². The summed E-state index contributed by atoms with van der Waals surface area (Å²) in [5.74, 6) is 0. The van der Waals surface area contributed by atoms with Crippen molar-refractivity contribution in [3.05, 3.63) is 24.3 Å². The van der Waals surface area contributed by atoms with Gasteiger partial charge in [-0.1, -0.05) is 12.1 Å². The lowest BCUT2D eigenvalue weighted by molar-refractivity contribution is 0.136. The van der Waals surface area contributed by atoms with Gasteiger partial charge < -0.3 is 25.5 Å². The standard InChI is InChI=1S/C11H18N2.C6H15NO3/c1-4-12-10-8-6-7-9-11(10)13(3)5-2;8-4-1-7(2-5-9)3-6-10/h6-9,12H,4-5H2,1-3H3;8-10H,1-6H2. The first-order chi connectivity index (χ1) is 11.1. The minimum atomic E-state index is 0.0694. The largest absolute Gasteiger partial charge is 0.395 e. The molecular weight excluding hydrogens is 294 g/mol. The van der Waals surface area contributed by atoms with Crippen molar-refractivity contribution in [3.8, 4) is 0 Å². The Labute approximate surface area is 140 Å². The molecule has 0 aliphatic carbocycles. The Kier molecular flexibility index (Phi) is 13.4. The van der Waals surface area contributed by atoms with E-state index in [-0.39, 0.29) is 19.8 Å². The van der Waals surface area contributed by atoms with Crippen molar-refractivity contribution >= 4 is 11.4 Å². The Bertz CT molecular complexity index is 377. The van der Waals surface area contributed by atoms with E-state index in [0.717, 1.165) is 13.1 Å². The smallest absolute Gasteiger partial charge is 0.0599 e. The summed E-state index contributed by atoms with van der Waals surface area (Å²) >= 11 is 0. The molecule has 0 amide bonds. The van der Waals surface area contributed by atoms with Gasteiger partial charge in [-0.15, -0.1) is 0 Å². The fraction of sp³-hybridized carbons (Fsp3) is 0.647. The molecule has 0 aliphatic heterocycles. The normalized spacial score (nSPS) is 10.2. The number of para-hydroxylation sites is 2. The molecule has 0 spiro atoms. The SMILES string of the molecule is CCNc1ccccc1N(C)CC.OCCN(CCO)CCO. The first-order valence-electron chi connectivity index (χ1n) is 8.23. The number of aliphatic hydroxyl groups is 3. The second-order valence-electron chi connectivity index (χ2n) is 5.07. The lowest BCUT2D eigenvalue weighted by Gasteiger charge is -2.20. The van der Waals surface area contributed by atoms with Crippen molar-refractivity contribution in [2.24, 2.45) is 0 Å². The minimum Gasteiger partial charge on any atom is -0.395 e. The molecule has 134 valence electrons.